The SMILES string of the molecule is CCN(CC)CCOc1cccc2c1CCNC2. The van der Waals surface area contributed by atoms with E-state index in [1.165, 1.54) is 11.1 Å². The van der Waals surface area contributed by atoms with Crippen LogP contribution in [0.2, 0.25) is 0 Å². The van der Waals surface area contributed by atoms with E-state index in [1.54, 1.807) is 0 Å². The molecule has 1 aliphatic rings. The Labute approximate surface area is 110 Å². The highest BCUT2D eigenvalue weighted by atomic mass is 16.5. The minimum Gasteiger partial charge on any atom is -0.492 e. The van der Waals surface area contributed by atoms with Gasteiger partial charge in [0.2, 0.25) is 0 Å². The van der Waals surface area contributed by atoms with Gasteiger partial charge in [-0.05, 0) is 43.2 Å². The molecule has 0 amide bonds. The Hall–Kier alpha value is -1.06. The number of hydrogen-bond acceptors (Lipinski definition) is 3. The van der Waals surface area contributed by atoms with E-state index in [1.807, 2.05) is 0 Å². The van der Waals surface area contributed by atoms with Crippen LogP contribution in [0.5, 0.6) is 5.75 Å². The van der Waals surface area contributed by atoms with E-state index in [0.717, 1.165) is 51.5 Å². The number of nitrogens with zero attached hydrogens (tertiary/aromatic N) is 1. The molecule has 0 aliphatic carbocycles. The van der Waals surface area contributed by atoms with Crippen molar-refractivity contribution in [3.05, 3.63) is 29.3 Å². The molecule has 3 heteroatoms. The van der Waals surface area contributed by atoms with Gasteiger partial charge in [-0.2, -0.15) is 0 Å². The van der Waals surface area contributed by atoms with Gasteiger partial charge in [0.25, 0.3) is 0 Å². The van der Waals surface area contributed by atoms with E-state index in [-0.39, 0.29) is 0 Å². The summed E-state index contributed by atoms with van der Waals surface area (Å²) in [4.78, 5) is 2.39. The summed E-state index contributed by atoms with van der Waals surface area (Å²) in [5, 5.41) is 3.40. The second kappa shape index (κ2) is 6.76. The molecule has 0 spiro atoms. The summed E-state index contributed by atoms with van der Waals surface area (Å²) in [6, 6.07) is 6.39. The van der Waals surface area contributed by atoms with E-state index >= 15 is 0 Å². The van der Waals surface area contributed by atoms with Crippen molar-refractivity contribution < 1.29 is 4.74 Å². The highest BCUT2D eigenvalue weighted by molar-refractivity contribution is 5.41. The number of benzene rings is 1. The quantitative estimate of drug-likeness (QED) is 0.834. The summed E-state index contributed by atoms with van der Waals surface area (Å²) in [6.45, 7) is 10.4. The lowest BCUT2D eigenvalue weighted by molar-refractivity contribution is 0.221. The molecule has 18 heavy (non-hydrogen) atoms. The van der Waals surface area contributed by atoms with Crippen LogP contribution in [0.1, 0.15) is 25.0 Å². The van der Waals surface area contributed by atoms with Crippen LogP contribution in [-0.4, -0.2) is 37.7 Å². The molecule has 100 valence electrons. The molecule has 0 saturated heterocycles. The monoisotopic (exact) mass is 248 g/mol. The van der Waals surface area contributed by atoms with Crippen LogP contribution < -0.4 is 10.1 Å². The van der Waals surface area contributed by atoms with Gasteiger partial charge in [0.1, 0.15) is 12.4 Å². The van der Waals surface area contributed by atoms with Crippen LogP contribution in [0, 0.1) is 0 Å². The average Bonchev–Trinajstić information content (AvgIpc) is 2.44. The van der Waals surface area contributed by atoms with Crippen molar-refractivity contribution in [2.45, 2.75) is 26.8 Å². The summed E-state index contributed by atoms with van der Waals surface area (Å²) in [6.07, 6.45) is 1.08. The Bertz CT molecular complexity index is 375. The fraction of sp³-hybridized carbons (Fsp3) is 0.600. The molecule has 1 aliphatic heterocycles. The molecule has 0 fully saturated rings. The number of rotatable bonds is 6. The molecule has 0 unspecified atom stereocenters. The van der Waals surface area contributed by atoms with Gasteiger partial charge in [-0.25, -0.2) is 0 Å². The number of ether oxygens (including phenoxy) is 1. The van der Waals surface area contributed by atoms with E-state index in [0.29, 0.717) is 0 Å². The lowest BCUT2D eigenvalue weighted by Gasteiger charge is -2.22. The first-order valence-corrected chi connectivity index (χ1v) is 7.01. The topological polar surface area (TPSA) is 24.5 Å². The minimum atomic E-state index is 0.783. The van der Waals surface area contributed by atoms with E-state index in [2.05, 4.69) is 42.3 Å². The molecule has 2 rings (SSSR count). The van der Waals surface area contributed by atoms with Crippen molar-refractivity contribution in [2.24, 2.45) is 0 Å². The third-order valence-corrected chi connectivity index (χ3v) is 3.66. The smallest absolute Gasteiger partial charge is 0.122 e. The van der Waals surface area contributed by atoms with Gasteiger partial charge < -0.3 is 15.0 Å². The summed E-state index contributed by atoms with van der Waals surface area (Å²) >= 11 is 0. The maximum absolute atomic E-state index is 5.97. The molecule has 1 N–H and O–H groups in total. The highest BCUT2D eigenvalue weighted by Crippen LogP contribution is 2.25. The van der Waals surface area contributed by atoms with Crippen molar-refractivity contribution in [3.63, 3.8) is 0 Å². The Balaban J connectivity index is 1.93. The fourth-order valence-electron chi connectivity index (χ4n) is 2.46. The molecule has 1 aromatic rings. The summed E-state index contributed by atoms with van der Waals surface area (Å²) in [5.74, 6) is 1.08. The summed E-state index contributed by atoms with van der Waals surface area (Å²) < 4.78 is 5.97. The largest absolute Gasteiger partial charge is 0.492 e. The fourth-order valence-corrected chi connectivity index (χ4v) is 2.46. The number of hydrogen-bond donors (Lipinski definition) is 1. The molecule has 3 nitrogen and oxygen atoms in total. The second-order valence-electron chi connectivity index (χ2n) is 4.70. The van der Waals surface area contributed by atoms with Gasteiger partial charge in [-0.15, -0.1) is 0 Å². The molecule has 0 aromatic heterocycles. The average molecular weight is 248 g/mol. The van der Waals surface area contributed by atoms with Gasteiger partial charge in [-0.3, -0.25) is 0 Å². The molecule has 0 radical (unpaired) electrons. The molecular weight excluding hydrogens is 224 g/mol. The van der Waals surface area contributed by atoms with Crippen molar-refractivity contribution in [1.82, 2.24) is 10.2 Å². The molecule has 0 bridgehead atoms. The van der Waals surface area contributed by atoms with Gasteiger partial charge in [0.05, 0.1) is 0 Å². The molecule has 1 aromatic carbocycles. The van der Waals surface area contributed by atoms with Gasteiger partial charge >= 0.3 is 0 Å². The molecule has 0 atom stereocenters. The van der Waals surface area contributed by atoms with Crippen molar-refractivity contribution in [2.75, 3.05) is 32.8 Å². The zero-order chi connectivity index (χ0) is 12.8. The van der Waals surface area contributed by atoms with Crippen LogP contribution in [0.4, 0.5) is 0 Å². The van der Waals surface area contributed by atoms with Gasteiger partial charge in [-0.1, -0.05) is 26.0 Å². The Kier molecular flexibility index (Phi) is 5.02. The first kappa shape index (κ1) is 13.4. The minimum absolute atomic E-state index is 0.783. The van der Waals surface area contributed by atoms with E-state index in [9.17, 15) is 0 Å². The first-order chi connectivity index (χ1) is 8.85. The van der Waals surface area contributed by atoms with E-state index < -0.39 is 0 Å². The summed E-state index contributed by atoms with van der Waals surface area (Å²) in [7, 11) is 0. The van der Waals surface area contributed by atoms with Crippen molar-refractivity contribution >= 4 is 0 Å². The zero-order valence-corrected chi connectivity index (χ0v) is 11.5. The summed E-state index contributed by atoms with van der Waals surface area (Å²) in [5.41, 5.74) is 2.79. The van der Waals surface area contributed by atoms with Crippen molar-refractivity contribution in [3.8, 4) is 5.75 Å². The van der Waals surface area contributed by atoms with Crippen molar-refractivity contribution in [1.29, 1.82) is 0 Å². The van der Waals surface area contributed by atoms with E-state index in [4.69, 9.17) is 4.74 Å². The maximum atomic E-state index is 5.97. The Morgan fingerprint density at radius 2 is 2.11 bits per heavy atom. The molecule has 1 heterocycles. The second-order valence-corrected chi connectivity index (χ2v) is 4.70. The Morgan fingerprint density at radius 1 is 1.28 bits per heavy atom. The van der Waals surface area contributed by atoms with Gasteiger partial charge in [0.15, 0.2) is 0 Å². The number of nitrogens with one attached hydrogen (secondary N) is 1. The number of fused-ring (bicyclic) bond motifs is 1. The van der Waals surface area contributed by atoms with Gasteiger partial charge in [0, 0.05) is 13.1 Å². The Morgan fingerprint density at radius 3 is 2.89 bits per heavy atom. The van der Waals surface area contributed by atoms with Crippen LogP contribution in [0.3, 0.4) is 0 Å². The van der Waals surface area contributed by atoms with Crippen LogP contribution in [0.15, 0.2) is 18.2 Å². The maximum Gasteiger partial charge on any atom is 0.122 e. The van der Waals surface area contributed by atoms with Crippen LogP contribution in [0.25, 0.3) is 0 Å². The predicted octanol–water partition coefficient (Wildman–Crippen LogP) is 2.05. The van der Waals surface area contributed by atoms with Crippen LogP contribution in [-0.2, 0) is 13.0 Å². The first-order valence-electron chi connectivity index (χ1n) is 7.01. The zero-order valence-electron chi connectivity index (χ0n) is 11.5. The molecule has 0 saturated carbocycles. The van der Waals surface area contributed by atoms with Crippen LogP contribution >= 0.6 is 0 Å². The third kappa shape index (κ3) is 3.24. The highest BCUT2D eigenvalue weighted by Gasteiger charge is 2.13. The third-order valence-electron chi connectivity index (χ3n) is 3.66. The normalized spacial score (nSPS) is 14.6. The lowest BCUT2D eigenvalue weighted by Crippen LogP contribution is -2.28. The standard InChI is InChI=1S/C15H24N2O/c1-3-17(4-2)10-11-18-15-7-5-6-13-12-16-9-8-14(13)15/h5-7,16H,3-4,8-12H2,1-2H3. The molecular formula is C15H24N2O. The lowest BCUT2D eigenvalue weighted by atomic mass is 10.0. The predicted molar refractivity (Wildman–Crippen MR) is 75.1 cm³/mol. The number of likely N-dealkylation sites (N-methyl/N-ethyl adjacent to an activating group) is 1.